The van der Waals surface area contributed by atoms with Crippen molar-refractivity contribution in [2.24, 2.45) is 0 Å². The molecule has 0 bridgehead atoms. The molecule has 0 atom stereocenters. The summed E-state index contributed by atoms with van der Waals surface area (Å²) >= 11 is 0.125. The molecule has 0 aromatic heterocycles. The molecule has 0 fully saturated rings. The molecule has 0 amide bonds. The number of rotatable bonds is 4. The van der Waals surface area contributed by atoms with Gasteiger partial charge >= 0.3 is 30.6 Å². The first-order valence-corrected chi connectivity index (χ1v) is 5.84. The summed E-state index contributed by atoms with van der Waals surface area (Å²) in [7, 11) is 2.20. The second-order valence-corrected chi connectivity index (χ2v) is 4.26. The Bertz CT molecular complexity index is 98.4. The Labute approximate surface area is 77.8 Å². The van der Waals surface area contributed by atoms with Crippen LogP contribution in [0.4, 0.5) is 0 Å². The molecule has 0 rings (SSSR count). The zero-order valence-corrected chi connectivity index (χ0v) is 11.1. The molecule has 0 radical (unpaired) electrons. The van der Waals surface area contributed by atoms with Gasteiger partial charge in [0.2, 0.25) is 0 Å². The third-order valence-corrected chi connectivity index (χ3v) is 3.31. The summed E-state index contributed by atoms with van der Waals surface area (Å²) in [5.74, 6) is 0. The van der Waals surface area contributed by atoms with Crippen LogP contribution in [0.25, 0.3) is 0 Å². The molecule has 0 unspecified atom stereocenters. The normalized spacial score (nSPS) is 9.91. The fraction of sp³-hybridized carbons (Fsp3) is 0.600. The van der Waals surface area contributed by atoms with E-state index in [1.54, 1.807) is 27.0 Å². The molecule has 62 valence electrons. The van der Waals surface area contributed by atoms with Crippen LogP contribution in [0.2, 0.25) is 0 Å². The molecule has 0 aliphatic heterocycles. The summed E-state index contributed by atoms with van der Waals surface area (Å²) in [5, 5.41) is 0. The molecular formula is C5H12O4SiZn. The van der Waals surface area contributed by atoms with E-state index in [1.807, 2.05) is 0 Å². The Morgan fingerprint density at radius 3 is 1.45 bits per heavy atom. The zero-order chi connectivity index (χ0) is 9.33. The molecule has 0 spiro atoms. The summed E-state index contributed by atoms with van der Waals surface area (Å²) < 4.78 is 23.3. The van der Waals surface area contributed by atoms with E-state index in [9.17, 15) is 0 Å². The van der Waals surface area contributed by atoms with Crippen LogP contribution in [-0.4, -0.2) is 30.1 Å². The summed E-state index contributed by atoms with van der Waals surface area (Å²) in [6.45, 7) is 3.53. The van der Waals surface area contributed by atoms with Crippen LogP contribution >= 0.6 is 0 Å². The number of hydrogen-bond donors (Lipinski definition) is 0. The van der Waals surface area contributed by atoms with Gasteiger partial charge in [-0.1, -0.05) is 6.58 Å². The Morgan fingerprint density at radius 2 is 1.45 bits per heavy atom. The van der Waals surface area contributed by atoms with Crippen LogP contribution in [0.5, 0.6) is 0 Å². The average Bonchev–Trinajstić information content (AvgIpc) is 2.13. The van der Waals surface area contributed by atoms with E-state index in [4.69, 9.17) is 16.9 Å². The van der Waals surface area contributed by atoms with Gasteiger partial charge in [0.05, 0.1) is 0 Å². The van der Waals surface area contributed by atoms with Crippen molar-refractivity contribution in [3.63, 3.8) is 0 Å². The molecule has 11 heavy (non-hydrogen) atoms. The first kappa shape index (κ1) is 13.8. The molecule has 0 aromatic rings. The number of hydrogen-bond acceptors (Lipinski definition) is 4. The first-order chi connectivity index (χ1) is 5.24. The fourth-order valence-corrected chi connectivity index (χ4v) is 1.50. The summed E-state index contributed by atoms with van der Waals surface area (Å²) in [6.07, 6.45) is 0. The van der Waals surface area contributed by atoms with Crippen LogP contribution in [0.15, 0.2) is 12.3 Å². The topological polar surface area (TPSA) is 44.8 Å². The molecule has 0 aliphatic carbocycles. The quantitative estimate of drug-likeness (QED) is 0.658. The van der Waals surface area contributed by atoms with Crippen LogP contribution in [0.3, 0.4) is 0 Å². The van der Waals surface area contributed by atoms with Crippen molar-refractivity contribution in [2.45, 2.75) is 0 Å². The van der Waals surface area contributed by atoms with Gasteiger partial charge in [-0.3, -0.25) is 0 Å². The minimum atomic E-state index is -2.43. The SMILES string of the molecule is C=C[Si](OC)(OC)OC.[O]=[Zn]. The summed E-state index contributed by atoms with van der Waals surface area (Å²) in [6, 6.07) is 0. The molecule has 0 saturated heterocycles. The van der Waals surface area contributed by atoms with Crippen LogP contribution in [0, 0.1) is 0 Å². The predicted molar refractivity (Wildman–Crippen MR) is 37.7 cm³/mol. The second-order valence-electron chi connectivity index (χ2n) is 1.42. The van der Waals surface area contributed by atoms with Gasteiger partial charge in [-0.15, -0.1) is 0 Å². The molecule has 0 saturated carbocycles. The van der Waals surface area contributed by atoms with Gasteiger partial charge < -0.3 is 13.3 Å². The Balaban J connectivity index is 0. The van der Waals surface area contributed by atoms with E-state index in [0.29, 0.717) is 0 Å². The molecular weight excluding hydrogens is 218 g/mol. The van der Waals surface area contributed by atoms with Crippen LogP contribution in [-0.2, 0) is 35.1 Å². The molecule has 4 nitrogen and oxygen atoms in total. The van der Waals surface area contributed by atoms with E-state index in [1.165, 1.54) is 0 Å². The van der Waals surface area contributed by atoms with E-state index < -0.39 is 8.80 Å². The molecule has 0 aromatic carbocycles. The zero-order valence-electron chi connectivity index (χ0n) is 7.12. The van der Waals surface area contributed by atoms with Crippen molar-refractivity contribution in [1.82, 2.24) is 0 Å². The van der Waals surface area contributed by atoms with Gasteiger partial charge in [-0.05, 0) is 5.70 Å². The average molecular weight is 230 g/mol. The van der Waals surface area contributed by atoms with Crippen molar-refractivity contribution in [1.29, 1.82) is 0 Å². The standard InChI is InChI=1S/C5H12O3Si.O.Zn/c1-5-9(6-2,7-3)8-4;;/h5H,1H2,2-4H3;;. The first-order valence-electron chi connectivity index (χ1n) is 2.82. The Kier molecular flexibility index (Phi) is 10.5. The third kappa shape index (κ3) is 4.66. The van der Waals surface area contributed by atoms with Crippen molar-refractivity contribution in [2.75, 3.05) is 21.3 Å². The predicted octanol–water partition coefficient (Wildman–Crippen LogP) is 0.468. The van der Waals surface area contributed by atoms with Gasteiger partial charge in [0, 0.05) is 21.3 Å². The van der Waals surface area contributed by atoms with Crippen molar-refractivity contribution in [3.8, 4) is 0 Å². The monoisotopic (exact) mass is 228 g/mol. The second kappa shape index (κ2) is 8.36. The maximum atomic E-state index is 8.38. The van der Waals surface area contributed by atoms with E-state index >= 15 is 0 Å². The van der Waals surface area contributed by atoms with Crippen LogP contribution < -0.4 is 0 Å². The van der Waals surface area contributed by atoms with E-state index in [0.717, 1.165) is 0 Å². The maximum absolute atomic E-state index is 8.38. The van der Waals surface area contributed by atoms with Gasteiger partial charge in [-0.25, -0.2) is 0 Å². The van der Waals surface area contributed by atoms with Crippen molar-refractivity contribution >= 4 is 8.80 Å². The van der Waals surface area contributed by atoms with Gasteiger partial charge in [-0.2, -0.15) is 0 Å². The third-order valence-electron chi connectivity index (χ3n) is 1.10. The van der Waals surface area contributed by atoms with E-state index in [-0.39, 0.29) is 18.3 Å². The Hall–Kier alpha value is 0.260. The summed E-state index contributed by atoms with van der Waals surface area (Å²) in [4.78, 5) is 0. The molecule has 0 heterocycles. The Morgan fingerprint density at radius 1 is 1.18 bits per heavy atom. The van der Waals surface area contributed by atoms with Gasteiger partial charge in [0.15, 0.2) is 0 Å². The summed E-state index contributed by atoms with van der Waals surface area (Å²) in [5.41, 5.74) is 1.58. The fourth-order valence-electron chi connectivity index (χ4n) is 0.500. The minimum absolute atomic E-state index is 0.125. The van der Waals surface area contributed by atoms with Crippen LogP contribution in [0.1, 0.15) is 0 Å². The van der Waals surface area contributed by atoms with Crippen molar-refractivity contribution in [3.05, 3.63) is 12.3 Å². The van der Waals surface area contributed by atoms with Crippen molar-refractivity contribution < 1.29 is 35.1 Å². The van der Waals surface area contributed by atoms with Gasteiger partial charge in [0.1, 0.15) is 0 Å². The molecule has 0 N–H and O–H groups in total. The van der Waals surface area contributed by atoms with E-state index in [2.05, 4.69) is 6.58 Å². The molecule has 6 heteroatoms. The molecule has 0 aliphatic rings. The van der Waals surface area contributed by atoms with Gasteiger partial charge in [0.25, 0.3) is 0 Å².